The molecule has 0 heterocycles. The number of rotatable bonds is 7. The average Bonchev–Trinajstić information content (AvgIpc) is 2.23. The maximum absolute atomic E-state index is 11.2. The number of ether oxygens (including phenoxy) is 2. The van der Waals surface area contributed by atoms with E-state index >= 15 is 0 Å². The zero-order chi connectivity index (χ0) is 12.6. The van der Waals surface area contributed by atoms with Crippen molar-refractivity contribution in [2.24, 2.45) is 0 Å². The summed E-state index contributed by atoms with van der Waals surface area (Å²) in [6, 6.07) is 0. The minimum atomic E-state index is -1.28. The van der Waals surface area contributed by atoms with Crippen molar-refractivity contribution in [2.75, 3.05) is 13.2 Å². The summed E-state index contributed by atoms with van der Waals surface area (Å²) >= 11 is 0. The summed E-state index contributed by atoms with van der Waals surface area (Å²) in [6.07, 6.45) is -2.02. The van der Waals surface area contributed by atoms with E-state index in [1.165, 1.54) is 13.8 Å². The molecule has 0 aliphatic rings. The van der Waals surface area contributed by atoms with E-state index in [1.807, 2.05) is 0 Å². The lowest BCUT2D eigenvalue weighted by molar-refractivity contribution is -0.244. The Morgan fingerprint density at radius 1 is 1.19 bits per heavy atom. The van der Waals surface area contributed by atoms with Gasteiger partial charge in [-0.3, -0.25) is 5.26 Å². The summed E-state index contributed by atoms with van der Waals surface area (Å²) in [6.45, 7) is 2.68. The molecule has 0 rings (SSSR count). The van der Waals surface area contributed by atoms with Gasteiger partial charge in [-0.1, -0.05) is 0 Å². The van der Waals surface area contributed by atoms with Gasteiger partial charge in [0.1, 0.15) is 6.10 Å². The third-order valence-electron chi connectivity index (χ3n) is 1.59. The number of aliphatic hydroxyl groups excluding tert-OH is 1. The van der Waals surface area contributed by atoms with Crippen LogP contribution in [0.2, 0.25) is 0 Å². The van der Waals surface area contributed by atoms with Gasteiger partial charge in [0.25, 0.3) is 0 Å². The molecule has 7 heteroatoms. The van der Waals surface area contributed by atoms with E-state index < -0.39 is 24.1 Å². The smallest absolute Gasteiger partial charge is 0.347 e. The highest BCUT2D eigenvalue weighted by molar-refractivity contribution is 5.80. The van der Waals surface area contributed by atoms with Crippen LogP contribution in [0.3, 0.4) is 0 Å². The number of hydrogen-bond acceptors (Lipinski definition) is 7. The van der Waals surface area contributed by atoms with E-state index in [4.69, 9.17) is 15.1 Å². The van der Waals surface area contributed by atoms with Gasteiger partial charge in [-0.2, -0.15) is 0 Å². The van der Waals surface area contributed by atoms with Crippen LogP contribution in [-0.2, 0) is 24.0 Å². The molecule has 94 valence electrons. The Hall–Kier alpha value is -1.18. The Labute approximate surface area is 92.8 Å². The van der Waals surface area contributed by atoms with Gasteiger partial charge < -0.3 is 14.6 Å². The Morgan fingerprint density at radius 2 is 1.81 bits per heavy atom. The van der Waals surface area contributed by atoms with Crippen LogP contribution in [0.15, 0.2) is 0 Å². The van der Waals surface area contributed by atoms with Crippen LogP contribution < -0.4 is 0 Å². The molecule has 2 N–H and O–H groups in total. The highest BCUT2D eigenvalue weighted by atomic mass is 17.1. The second kappa shape index (κ2) is 8.03. The van der Waals surface area contributed by atoms with Crippen molar-refractivity contribution in [2.45, 2.75) is 32.5 Å². The van der Waals surface area contributed by atoms with Crippen molar-refractivity contribution in [3.63, 3.8) is 0 Å². The van der Waals surface area contributed by atoms with E-state index in [1.54, 1.807) is 0 Å². The summed E-state index contributed by atoms with van der Waals surface area (Å²) in [5, 5.41) is 16.8. The SMILES string of the molecule is CC(O)C(=O)OC(C)C(=O)OCCCOO. The van der Waals surface area contributed by atoms with E-state index in [9.17, 15) is 9.59 Å². The lowest BCUT2D eigenvalue weighted by Gasteiger charge is -2.13. The van der Waals surface area contributed by atoms with E-state index in [-0.39, 0.29) is 13.2 Å². The van der Waals surface area contributed by atoms with Gasteiger partial charge in [0.2, 0.25) is 0 Å². The molecule has 2 atom stereocenters. The van der Waals surface area contributed by atoms with E-state index in [0.717, 1.165) is 0 Å². The monoisotopic (exact) mass is 236 g/mol. The minimum absolute atomic E-state index is 0.0507. The van der Waals surface area contributed by atoms with E-state index in [0.29, 0.717) is 6.42 Å². The molecular weight excluding hydrogens is 220 g/mol. The molecule has 0 aromatic carbocycles. The van der Waals surface area contributed by atoms with Gasteiger partial charge >= 0.3 is 11.9 Å². The molecule has 0 fully saturated rings. The lowest BCUT2D eigenvalue weighted by atomic mass is 10.4. The Morgan fingerprint density at radius 3 is 2.31 bits per heavy atom. The fourth-order valence-electron chi connectivity index (χ4n) is 0.734. The molecule has 7 nitrogen and oxygen atoms in total. The molecule has 0 radical (unpaired) electrons. The minimum Gasteiger partial charge on any atom is -0.463 e. The molecule has 2 unspecified atom stereocenters. The molecule has 0 aromatic heterocycles. The number of esters is 2. The van der Waals surface area contributed by atoms with Crippen molar-refractivity contribution >= 4 is 11.9 Å². The van der Waals surface area contributed by atoms with Gasteiger partial charge in [0.15, 0.2) is 6.10 Å². The summed E-state index contributed by atoms with van der Waals surface area (Å²) in [4.78, 5) is 25.9. The molecule has 16 heavy (non-hydrogen) atoms. The number of carbonyl (C=O) groups excluding carboxylic acids is 2. The summed E-state index contributed by atoms with van der Waals surface area (Å²) in [7, 11) is 0. The van der Waals surface area contributed by atoms with Crippen LogP contribution >= 0.6 is 0 Å². The van der Waals surface area contributed by atoms with Crippen molar-refractivity contribution < 1.29 is 34.3 Å². The van der Waals surface area contributed by atoms with Gasteiger partial charge in [0, 0.05) is 6.42 Å². The largest absolute Gasteiger partial charge is 0.463 e. The fraction of sp³-hybridized carbons (Fsp3) is 0.778. The van der Waals surface area contributed by atoms with Crippen molar-refractivity contribution in [1.82, 2.24) is 0 Å². The van der Waals surface area contributed by atoms with Crippen LogP contribution in [0.4, 0.5) is 0 Å². The number of carbonyl (C=O) groups is 2. The average molecular weight is 236 g/mol. The molecule has 0 aliphatic carbocycles. The number of hydrogen-bond donors (Lipinski definition) is 2. The third-order valence-corrected chi connectivity index (χ3v) is 1.59. The summed E-state index contributed by atoms with van der Waals surface area (Å²) in [5.41, 5.74) is 0. The fourth-order valence-corrected chi connectivity index (χ4v) is 0.734. The normalized spacial score (nSPS) is 14.0. The molecule has 0 bridgehead atoms. The first-order valence-electron chi connectivity index (χ1n) is 4.80. The van der Waals surface area contributed by atoms with Crippen molar-refractivity contribution in [3.8, 4) is 0 Å². The third kappa shape index (κ3) is 6.33. The van der Waals surface area contributed by atoms with Gasteiger partial charge in [0.05, 0.1) is 13.2 Å². The molecule has 0 saturated carbocycles. The summed E-state index contributed by atoms with van der Waals surface area (Å²) < 4.78 is 9.28. The standard InChI is InChI=1S/C9H16O7/c1-6(10)8(11)16-7(2)9(12)14-4-3-5-15-13/h6-7,10,13H,3-5H2,1-2H3. The second-order valence-corrected chi connectivity index (χ2v) is 3.11. The van der Waals surface area contributed by atoms with Crippen LogP contribution in [0.5, 0.6) is 0 Å². The van der Waals surface area contributed by atoms with Crippen LogP contribution in [-0.4, -0.2) is 47.7 Å². The topological polar surface area (TPSA) is 102 Å². The predicted octanol–water partition coefficient (Wildman–Crippen LogP) is -0.278. The molecule has 0 saturated heterocycles. The molecular formula is C9H16O7. The maximum atomic E-state index is 11.2. The summed E-state index contributed by atoms with van der Waals surface area (Å²) in [5.74, 6) is -1.60. The molecule has 0 aromatic rings. The molecule has 0 aliphatic heterocycles. The van der Waals surface area contributed by atoms with Crippen LogP contribution in [0, 0.1) is 0 Å². The Balaban J connectivity index is 3.77. The number of aliphatic hydroxyl groups is 1. The maximum Gasteiger partial charge on any atom is 0.347 e. The zero-order valence-electron chi connectivity index (χ0n) is 9.21. The molecule has 0 amide bonds. The second-order valence-electron chi connectivity index (χ2n) is 3.11. The van der Waals surface area contributed by atoms with Gasteiger partial charge in [-0.25, -0.2) is 14.5 Å². The van der Waals surface area contributed by atoms with Crippen LogP contribution in [0.1, 0.15) is 20.3 Å². The first-order chi connectivity index (χ1) is 7.49. The zero-order valence-corrected chi connectivity index (χ0v) is 9.21. The highest BCUT2D eigenvalue weighted by Gasteiger charge is 2.21. The van der Waals surface area contributed by atoms with Crippen LogP contribution in [0.25, 0.3) is 0 Å². The predicted molar refractivity (Wildman–Crippen MR) is 51.4 cm³/mol. The van der Waals surface area contributed by atoms with Crippen molar-refractivity contribution in [3.05, 3.63) is 0 Å². The van der Waals surface area contributed by atoms with Gasteiger partial charge in [-0.05, 0) is 13.8 Å². The van der Waals surface area contributed by atoms with E-state index in [2.05, 4.69) is 9.62 Å². The first-order valence-corrected chi connectivity index (χ1v) is 4.80. The quantitative estimate of drug-likeness (QED) is 0.271. The first kappa shape index (κ1) is 14.8. The Bertz CT molecular complexity index is 226. The lowest BCUT2D eigenvalue weighted by Crippen LogP contribution is -2.30. The Kier molecular flexibility index (Phi) is 7.44. The van der Waals surface area contributed by atoms with Gasteiger partial charge in [-0.15, -0.1) is 0 Å². The molecule has 0 spiro atoms. The highest BCUT2D eigenvalue weighted by Crippen LogP contribution is 1.99. The van der Waals surface area contributed by atoms with Crippen molar-refractivity contribution in [1.29, 1.82) is 0 Å².